The number of halogens is 1. The van der Waals surface area contributed by atoms with Gasteiger partial charge < -0.3 is 11.1 Å². The third-order valence-corrected chi connectivity index (χ3v) is 3.72. The van der Waals surface area contributed by atoms with Gasteiger partial charge in [-0.15, -0.1) is 0 Å². The molecular weight excluding hydrogens is 268 g/mol. The van der Waals surface area contributed by atoms with Crippen LogP contribution in [0, 0.1) is 0 Å². The molecule has 0 saturated carbocycles. The van der Waals surface area contributed by atoms with Gasteiger partial charge in [0.15, 0.2) is 0 Å². The Morgan fingerprint density at radius 1 is 1.56 bits per heavy atom. The van der Waals surface area contributed by atoms with Crippen molar-refractivity contribution in [2.45, 2.75) is 25.3 Å². The van der Waals surface area contributed by atoms with Crippen LogP contribution in [0.1, 0.15) is 30.0 Å². The number of rotatable bonds is 4. The lowest BCUT2D eigenvalue weighted by Crippen LogP contribution is -2.24. The number of nitrogens with two attached hydrogens (primary N) is 1. The van der Waals surface area contributed by atoms with Crippen molar-refractivity contribution in [1.82, 2.24) is 5.32 Å². The van der Waals surface area contributed by atoms with Gasteiger partial charge in [-0.1, -0.05) is 28.1 Å². The number of benzene rings is 1. The Morgan fingerprint density at radius 3 is 3.12 bits per heavy atom. The Hall–Kier alpha value is -0.870. The van der Waals surface area contributed by atoms with Crippen LogP contribution in [0.15, 0.2) is 22.7 Å². The summed E-state index contributed by atoms with van der Waals surface area (Å²) >= 11 is 3.56. The standard InChI is InChI=1S/C12H15BrN2O/c13-10-3-1-2-9-8(10)4-5-11(9)15-7-6-12(14)16/h1-3,11,15H,4-7H2,(H2,14,16). The van der Waals surface area contributed by atoms with Gasteiger partial charge in [-0.05, 0) is 30.0 Å². The average Bonchev–Trinajstić information content (AvgIpc) is 2.63. The van der Waals surface area contributed by atoms with Gasteiger partial charge in [0, 0.05) is 23.5 Å². The highest BCUT2D eigenvalue weighted by atomic mass is 79.9. The van der Waals surface area contributed by atoms with E-state index in [9.17, 15) is 4.79 Å². The van der Waals surface area contributed by atoms with Crippen LogP contribution in [0.3, 0.4) is 0 Å². The summed E-state index contributed by atoms with van der Waals surface area (Å²) in [4.78, 5) is 10.6. The molecule has 0 bridgehead atoms. The lowest BCUT2D eigenvalue weighted by atomic mass is 10.1. The first-order valence-corrected chi connectivity index (χ1v) is 6.27. The number of hydrogen-bond acceptors (Lipinski definition) is 2. The third kappa shape index (κ3) is 2.44. The van der Waals surface area contributed by atoms with Crippen LogP contribution < -0.4 is 11.1 Å². The van der Waals surface area contributed by atoms with Crippen LogP contribution in [0.2, 0.25) is 0 Å². The second kappa shape index (κ2) is 4.97. The molecule has 1 aliphatic rings. The molecule has 3 nitrogen and oxygen atoms in total. The SMILES string of the molecule is NC(=O)CCNC1CCc2c(Br)cccc21. The van der Waals surface area contributed by atoms with E-state index in [1.165, 1.54) is 15.6 Å². The lowest BCUT2D eigenvalue weighted by molar-refractivity contribution is -0.117. The molecule has 0 saturated heterocycles. The molecule has 1 amide bonds. The molecule has 0 aliphatic heterocycles. The number of amides is 1. The first-order valence-electron chi connectivity index (χ1n) is 5.47. The Balaban J connectivity index is 2.01. The number of nitrogens with one attached hydrogen (secondary N) is 1. The fourth-order valence-electron chi connectivity index (χ4n) is 2.19. The highest BCUT2D eigenvalue weighted by Gasteiger charge is 2.23. The monoisotopic (exact) mass is 282 g/mol. The minimum absolute atomic E-state index is 0.250. The summed E-state index contributed by atoms with van der Waals surface area (Å²) < 4.78 is 1.18. The van der Waals surface area contributed by atoms with Crippen LogP contribution in [0.5, 0.6) is 0 Å². The van der Waals surface area contributed by atoms with E-state index in [0.717, 1.165) is 12.8 Å². The largest absolute Gasteiger partial charge is 0.370 e. The molecule has 4 heteroatoms. The van der Waals surface area contributed by atoms with Gasteiger partial charge in [-0.2, -0.15) is 0 Å². The van der Waals surface area contributed by atoms with Gasteiger partial charge in [0.25, 0.3) is 0 Å². The summed E-state index contributed by atoms with van der Waals surface area (Å²) in [5, 5.41) is 3.37. The second-order valence-electron chi connectivity index (χ2n) is 4.07. The molecule has 86 valence electrons. The highest BCUT2D eigenvalue weighted by molar-refractivity contribution is 9.10. The van der Waals surface area contributed by atoms with Crippen molar-refractivity contribution in [2.24, 2.45) is 5.73 Å². The summed E-state index contributed by atoms with van der Waals surface area (Å²) in [7, 11) is 0. The zero-order valence-corrected chi connectivity index (χ0v) is 10.6. The molecule has 2 rings (SSSR count). The molecule has 0 radical (unpaired) electrons. The average molecular weight is 283 g/mol. The van der Waals surface area contributed by atoms with Crippen LogP contribution in [-0.4, -0.2) is 12.5 Å². The van der Waals surface area contributed by atoms with E-state index in [1.807, 2.05) is 0 Å². The highest BCUT2D eigenvalue weighted by Crippen LogP contribution is 2.35. The van der Waals surface area contributed by atoms with E-state index in [4.69, 9.17) is 5.73 Å². The maximum Gasteiger partial charge on any atom is 0.218 e. The Morgan fingerprint density at radius 2 is 2.38 bits per heavy atom. The molecule has 1 atom stereocenters. The quantitative estimate of drug-likeness (QED) is 0.886. The Bertz CT molecular complexity index is 406. The fourth-order valence-corrected chi connectivity index (χ4v) is 2.77. The smallest absolute Gasteiger partial charge is 0.218 e. The summed E-state index contributed by atoms with van der Waals surface area (Å²) in [5.74, 6) is -0.250. The van der Waals surface area contributed by atoms with E-state index in [-0.39, 0.29) is 5.91 Å². The number of fused-ring (bicyclic) bond motifs is 1. The Labute approximate surface area is 104 Å². The fraction of sp³-hybridized carbons (Fsp3) is 0.417. The Kier molecular flexibility index (Phi) is 3.61. The van der Waals surface area contributed by atoms with Crippen LogP contribution in [0.4, 0.5) is 0 Å². The molecule has 0 heterocycles. The third-order valence-electron chi connectivity index (χ3n) is 2.98. The normalized spacial score (nSPS) is 18.4. The summed E-state index contributed by atoms with van der Waals surface area (Å²) in [6, 6.07) is 6.64. The lowest BCUT2D eigenvalue weighted by Gasteiger charge is -2.13. The molecule has 0 spiro atoms. The van der Waals surface area contributed by atoms with Crippen molar-refractivity contribution in [1.29, 1.82) is 0 Å². The minimum atomic E-state index is -0.250. The van der Waals surface area contributed by atoms with Gasteiger partial charge in [-0.25, -0.2) is 0 Å². The molecule has 0 aromatic heterocycles. The molecule has 1 aliphatic carbocycles. The van der Waals surface area contributed by atoms with E-state index >= 15 is 0 Å². The van der Waals surface area contributed by atoms with Crippen molar-refractivity contribution in [2.75, 3.05) is 6.54 Å². The second-order valence-corrected chi connectivity index (χ2v) is 4.92. The number of carbonyl (C=O) groups excluding carboxylic acids is 1. The van der Waals surface area contributed by atoms with Crippen molar-refractivity contribution < 1.29 is 4.79 Å². The molecule has 1 aromatic carbocycles. The molecule has 1 aromatic rings. The van der Waals surface area contributed by atoms with Crippen LogP contribution >= 0.6 is 15.9 Å². The topological polar surface area (TPSA) is 55.1 Å². The summed E-state index contributed by atoms with van der Waals surface area (Å²) in [6.45, 7) is 0.659. The number of carbonyl (C=O) groups is 1. The van der Waals surface area contributed by atoms with E-state index in [2.05, 4.69) is 39.4 Å². The van der Waals surface area contributed by atoms with Crippen molar-refractivity contribution in [3.8, 4) is 0 Å². The van der Waals surface area contributed by atoms with E-state index < -0.39 is 0 Å². The molecule has 16 heavy (non-hydrogen) atoms. The van der Waals surface area contributed by atoms with Gasteiger partial charge >= 0.3 is 0 Å². The van der Waals surface area contributed by atoms with Gasteiger partial charge in [0.05, 0.1) is 0 Å². The predicted molar refractivity (Wildman–Crippen MR) is 67.0 cm³/mol. The predicted octanol–water partition coefficient (Wildman–Crippen LogP) is 1.90. The van der Waals surface area contributed by atoms with Gasteiger partial charge in [0.2, 0.25) is 5.91 Å². The van der Waals surface area contributed by atoms with Gasteiger partial charge in [0.1, 0.15) is 0 Å². The maximum atomic E-state index is 10.6. The number of primary amides is 1. The molecular formula is C12H15BrN2O. The molecule has 0 fully saturated rings. The molecule has 1 unspecified atom stereocenters. The maximum absolute atomic E-state index is 10.6. The van der Waals surface area contributed by atoms with Crippen molar-refractivity contribution >= 4 is 21.8 Å². The van der Waals surface area contributed by atoms with Crippen LogP contribution in [-0.2, 0) is 11.2 Å². The summed E-state index contributed by atoms with van der Waals surface area (Å²) in [6.07, 6.45) is 2.58. The van der Waals surface area contributed by atoms with E-state index in [0.29, 0.717) is 19.0 Å². The van der Waals surface area contributed by atoms with Crippen molar-refractivity contribution in [3.63, 3.8) is 0 Å². The first kappa shape index (κ1) is 11.6. The minimum Gasteiger partial charge on any atom is -0.370 e. The zero-order valence-electron chi connectivity index (χ0n) is 9.00. The van der Waals surface area contributed by atoms with E-state index in [1.54, 1.807) is 0 Å². The summed E-state index contributed by atoms with van der Waals surface area (Å²) in [5.41, 5.74) is 7.84. The number of hydrogen-bond donors (Lipinski definition) is 2. The zero-order chi connectivity index (χ0) is 11.5. The van der Waals surface area contributed by atoms with Crippen LogP contribution in [0.25, 0.3) is 0 Å². The van der Waals surface area contributed by atoms with Crippen molar-refractivity contribution in [3.05, 3.63) is 33.8 Å². The molecule has 3 N–H and O–H groups in total. The van der Waals surface area contributed by atoms with Gasteiger partial charge in [-0.3, -0.25) is 4.79 Å². The first-order chi connectivity index (χ1) is 7.68.